The summed E-state index contributed by atoms with van der Waals surface area (Å²) in [5, 5.41) is 16.9. The van der Waals surface area contributed by atoms with Gasteiger partial charge in [-0.1, -0.05) is 43.2 Å². The van der Waals surface area contributed by atoms with Crippen molar-refractivity contribution >= 4 is 23.5 Å². The first-order valence-corrected chi connectivity index (χ1v) is 9.48. The van der Waals surface area contributed by atoms with E-state index in [2.05, 4.69) is 10.6 Å². The Morgan fingerprint density at radius 3 is 2.18 bits per heavy atom. The number of aliphatic carboxylic acids is 1. The first-order valence-electron chi connectivity index (χ1n) is 9.48. The van der Waals surface area contributed by atoms with Crippen molar-refractivity contribution in [2.75, 3.05) is 5.32 Å². The molecule has 2 aromatic rings. The zero-order valence-corrected chi connectivity index (χ0v) is 15.5. The summed E-state index contributed by atoms with van der Waals surface area (Å²) in [6, 6.07) is 16.2. The molecule has 2 aromatic carbocycles. The molecule has 0 aromatic heterocycles. The number of nitrogens with one attached hydrogen (secondary N) is 2. The second-order valence-corrected chi connectivity index (χ2v) is 7.05. The van der Waals surface area contributed by atoms with Gasteiger partial charge in [0.25, 0.3) is 5.91 Å². The maximum atomic E-state index is 12.5. The molecular weight excluding hydrogens is 356 g/mol. The number of amides is 2. The van der Waals surface area contributed by atoms with Crippen molar-refractivity contribution in [1.29, 1.82) is 0 Å². The number of hydrogen-bond acceptors (Lipinski definition) is 4. The molecule has 6 heteroatoms. The van der Waals surface area contributed by atoms with Gasteiger partial charge in [0, 0.05) is 35.6 Å². The van der Waals surface area contributed by atoms with Crippen molar-refractivity contribution in [2.45, 2.75) is 32.2 Å². The topological polar surface area (TPSA) is 98.3 Å². The zero-order valence-electron chi connectivity index (χ0n) is 15.5. The molecule has 1 saturated carbocycles. The number of rotatable bonds is 6. The van der Waals surface area contributed by atoms with E-state index in [1.54, 1.807) is 24.3 Å². The Morgan fingerprint density at radius 2 is 1.54 bits per heavy atom. The lowest BCUT2D eigenvalue weighted by Gasteiger charge is -2.31. The summed E-state index contributed by atoms with van der Waals surface area (Å²) in [6.45, 7) is 0.435. The summed E-state index contributed by atoms with van der Waals surface area (Å²) >= 11 is 0. The van der Waals surface area contributed by atoms with Gasteiger partial charge in [0.2, 0.25) is 5.91 Å². The minimum atomic E-state index is -1.16. The molecule has 0 unspecified atom stereocenters. The lowest BCUT2D eigenvalue weighted by atomic mass is 9.78. The molecule has 2 atom stereocenters. The second kappa shape index (κ2) is 9.17. The van der Waals surface area contributed by atoms with E-state index in [9.17, 15) is 19.5 Å². The molecule has 0 saturated heterocycles. The van der Waals surface area contributed by atoms with E-state index in [0.717, 1.165) is 18.4 Å². The molecule has 2 N–H and O–H groups in total. The maximum Gasteiger partial charge on any atom is 0.251 e. The highest BCUT2D eigenvalue weighted by Crippen LogP contribution is 2.30. The molecule has 28 heavy (non-hydrogen) atoms. The lowest BCUT2D eigenvalue weighted by molar-refractivity contribution is -0.313. The Bertz CT molecular complexity index is 833. The van der Waals surface area contributed by atoms with Crippen molar-refractivity contribution in [3.8, 4) is 0 Å². The first kappa shape index (κ1) is 19.6. The summed E-state index contributed by atoms with van der Waals surface area (Å²) in [7, 11) is 0. The predicted octanol–water partition coefficient (Wildman–Crippen LogP) is 2.11. The third kappa shape index (κ3) is 4.97. The van der Waals surface area contributed by atoms with Crippen LogP contribution < -0.4 is 15.7 Å². The normalized spacial score (nSPS) is 18.9. The van der Waals surface area contributed by atoms with E-state index in [1.807, 2.05) is 30.3 Å². The SMILES string of the molecule is O=C(NCc1ccccc1)c1ccc(NC(=O)[C@H]2CCCC[C@@H]2C(=O)[O-])cc1. The van der Waals surface area contributed by atoms with Crippen molar-refractivity contribution in [2.24, 2.45) is 11.8 Å². The number of anilines is 1. The van der Waals surface area contributed by atoms with Crippen LogP contribution in [0.4, 0.5) is 5.69 Å². The van der Waals surface area contributed by atoms with E-state index >= 15 is 0 Å². The molecule has 0 bridgehead atoms. The fourth-order valence-electron chi connectivity index (χ4n) is 3.55. The van der Waals surface area contributed by atoms with Crippen LogP contribution in [0.3, 0.4) is 0 Å². The van der Waals surface area contributed by atoms with Crippen LogP contribution in [-0.4, -0.2) is 17.8 Å². The Hall–Kier alpha value is -3.15. The van der Waals surface area contributed by atoms with E-state index in [-0.39, 0.29) is 11.8 Å². The molecule has 0 spiro atoms. The Labute approximate surface area is 164 Å². The minimum absolute atomic E-state index is 0.203. The summed E-state index contributed by atoms with van der Waals surface area (Å²) < 4.78 is 0. The van der Waals surface area contributed by atoms with Gasteiger partial charge in [-0.3, -0.25) is 9.59 Å². The Balaban J connectivity index is 1.57. The quantitative estimate of drug-likeness (QED) is 0.803. The van der Waals surface area contributed by atoms with Gasteiger partial charge in [0.1, 0.15) is 0 Å². The third-order valence-corrected chi connectivity index (χ3v) is 5.12. The van der Waals surface area contributed by atoms with Crippen LogP contribution in [0.2, 0.25) is 0 Å². The highest BCUT2D eigenvalue weighted by Gasteiger charge is 2.31. The molecule has 0 aliphatic heterocycles. The fraction of sp³-hybridized carbons (Fsp3) is 0.318. The van der Waals surface area contributed by atoms with Gasteiger partial charge in [0.05, 0.1) is 0 Å². The van der Waals surface area contributed by atoms with Crippen LogP contribution in [-0.2, 0) is 16.1 Å². The van der Waals surface area contributed by atoms with Gasteiger partial charge in [-0.25, -0.2) is 0 Å². The lowest BCUT2D eigenvalue weighted by Crippen LogP contribution is -2.42. The molecule has 6 nitrogen and oxygen atoms in total. The van der Waals surface area contributed by atoms with Crippen LogP contribution in [0.5, 0.6) is 0 Å². The highest BCUT2D eigenvalue weighted by atomic mass is 16.4. The number of carboxylic acids is 1. The van der Waals surface area contributed by atoms with Gasteiger partial charge in [-0.05, 0) is 42.7 Å². The molecular formula is C22H23N2O4-. The molecule has 3 rings (SSSR count). The number of carboxylic acid groups (broad SMARTS) is 1. The van der Waals surface area contributed by atoms with Crippen LogP contribution in [0, 0.1) is 11.8 Å². The van der Waals surface area contributed by atoms with Crippen molar-refractivity contribution in [1.82, 2.24) is 5.32 Å². The van der Waals surface area contributed by atoms with Crippen LogP contribution in [0.1, 0.15) is 41.6 Å². The van der Waals surface area contributed by atoms with Gasteiger partial charge in [-0.2, -0.15) is 0 Å². The molecule has 0 heterocycles. The predicted molar refractivity (Wildman–Crippen MR) is 103 cm³/mol. The summed E-state index contributed by atoms with van der Waals surface area (Å²) in [5.74, 6) is -2.99. The third-order valence-electron chi connectivity index (χ3n) is 5.12. The Morgan fingerprint density at radius 1 is 0.893 bits per heavy atom. The number of carbonyl (C=O) groups excluding carboxylic acids is 3. The van der Waals surface area contributed by atoms with Crippen LogP contribution >= 0.6 is 0 Å². The first-order chi connectivity index (χ1) is 13.5. The summed E-state index contributed by atoms with van der Waals surface area (Å²) in [4.78, 5) is 36.0. The molecule has 1 aliphatic rings. The van der Waals surface area contributed by atoms with Crippen LogP contribution in [0.25, 0.3) is 0 Å². The largest absolute Gasteiger partial charge is 0.550 e. The van der Waals surface area contributed by atoms with E-state index in [4.69, 9.17) is 0 Å². The van der Waals surface area contributed by atoms with Gasteiger partial charge in [-0.15, -0.1) is 0 Å². The molecule has 2 amide bonds. The monoisotopic (exact) mass is 379 g/mol. The van der Waals surface area contributed by atoms with E-state index in [0.29, 0.717) is 30.6 Å². The van der Waals surface area contributed by atoms with Gasteiger partial charge < -0.3 is 20.5 Å². The standard InChI is InChI=1S/C22H24N2O4/c25-20(23-14-15-6-2-1-3-7-15)16-10-12-17(13-11-16)24-21(26)18-8-4-5-9-19(18)22(27)28/h1-3,6-7,10-13,18-19H,4-5,8-9,14H2,(H,23,25)(H,24,26)(H,27,28)/p-1/t18-,19-/m0/s1. The maximum absolute atomic E-state index is 12.5. The van der Waals surface area contributed by atoms with Crippen molar-refractivity contribution < 1.29 is 19.5 Å². The highest BCUT2D eigenvalue weighted by molar-refractivity contribution is 5.97. The fourth-order valence-corrected chi connectivity index (χ4v) is 3.55. The average molecular weight is 379 g/mol. The van der Waals surface area contributed by atoms with Crippen molar-refractivity contribution in [3.63, 3.8) is 0 Å². The summed E-state index contributed by atoms with van der Waals surface area (Å²) in [5.41, 5.74) is 2.03. The Kier molecular flexibility index (Phi) is 6.42. The minimum Gasteiger partial charge on any atom is -0.550 e. The number of benzene rings is 2. The molecule has 1 fully saturated rings. The smallest absolute Gasteiger partial charge is 0.251 e. The average Bonchev–Trinajstić information content (AvgIpc) is 2.73. The van der Waals surface area contributed by atoms with Crippen molar-refractivity contribution in [3.05, 3.63) is 65.7 Å². The van der Waals surface area contributed by atoms with Gasteiger partial charge in [0.15, 0.2) is 0 Å². The van der Waals surface area contributed by atoms with Crippen LogP contribution in [0.15, 0.2) is 54.6 Å². The van der Waals surface area contributed by atoms with E-state index in [1.165, 1.54) is 0 Å². The second-order valence-electron chi connectivity index (χ2n) is 7.05. The molecule has 1 aliphatic carbocycles. The molecule has 146 valence electrons. The summed E-state index contributed by atoms with van der Waals surface area (Å²) in [6.07, 6.45) is 2.66. The molecule has 0 radical (unpaired) electrons. The van der Waals surface area contributed by atoms with E-state index < -0.39 is 17.8 Å². The zero-order chi connectivity index (χ0) is 19.9. The number of hydrogen-bond donors (Lipinski definition) is 2. The number of carbonyl (C=O) groups is 3. The van der Waals surface area contributed by atoms with Gasteiger partial charge >= 0.3 is 0 Å².